The van der Waals surface area contributed by atoms with Crippen molar-refractivity contribution in [2.75, 3.05) is 16.8 Å². The Hall–Kier alpha value is -4.33. The summed E-state index contributed by atoms with van der Waals surface area (Å²) in [4.78, 5) is 27.9. The lowest BCUT2D eigenvalue weighted by atomic mass is 9.98. The summed E-state index contributed by atoms with van der Waals surface area (Å²) < 4.78 is 28.9. The predicted octanol–water partition coefficient (Wildman–Crippen LogP) is 5.30. The third kappa shape index (κ3) is 4.19. The Balaban J connectivity index is 1.44. The first-order valence-electron chi connectivity index (χ1n) is 11.2. The summed E-state index contributed by atoms with van der Waals surface area (Å²) in [6, 6.07) is 17.0. The molecule has 0 bridgehead atoms. The number of halogens is 2. The van der Waals surface area contributed by atoms with E-state index in [2.05, 4.69) is 10.4 Å². The minimum atomic E-state index is -0.428. The number of amides is 2. The van der Waals surface area contributed by atoms with E-state index in [9.17, 15) is 18.4 Å². The van der Waals surface area contributed by atoms with Gasteiger partial charge >= 0.3 is 0 Å². The van der Waals surface area contributed by atoms with Crippen molar-refractivity contribution in [3.8, 4) is 5.69 Å². The highest BCUT2D eigenvalue weighted by atomic mass is 19.1. The molecule has 0 saturated carbocycles. The molecule has 3 aromatic carbocycles. The Labute approximate surface area is 200 Å². The molecule has 1 aliphatic rings. The normalized spacial score (nSPS) is 12.8. The van der Waals surface area contributed by atoms with Crippen LogP contribution in [-0.2, 0) is 6.42 Å². The molecular formula is C27H22F2N4O2. The van der Waals surface area contributed by atoms with Gasteiger partial charge in [-0.25, -0.2) is 13.5 Å². The van der Waals surface area contributed by atoms with Crippen LogP contribution >= 0.6 is 0 Å². The number of hydrogen-bond donors (Lipinski definition) is 1. The molecular weight excluding hydrogens is 450 g/mol. The van der Waals surface area contributed by atoms with Crippen LogP contribution in [0.3, 0.4) is 0 Å². The van der Waals surface area contributed by atoms with Crippen LogP contribution in [0.15, 0.2) is 72.9 Å². The largest absolute Gasteiger partial charge is 0.322 e. The van der Waals surface area contributed by atoms with Crippen LogP contribution in [0.2, 0.25) is 0 Å². The van der Waals surface area contributed by atoms with Crippen molar-refractivity contribution in [3.05, 3.63) is 107 Å². The Morgan fingerprint density at radius 3 is 2.46 bits per heavy atom. The maximum absolute atomic E-state index is 14.3. The van der Waals surface area contributed by atoms with Gasteiger partial charge in [-0.05, 0) is 73.9 Å². The Kier molecular flexibility index (Phi) is 5.86. The van der Waals surface area contributed by atoms with Gasteiger partial charge in [0.05, 0.1) is 17.5 Å². The highest BCUT2D eigenvalue weighted by Gasteiger charge is 2.28. The standard InChI is InChI=1S/C27H22F2N4O2/c1-17-21(16-30-33(17)25-9-3-2-7-22(25)29)27(35)32-15-5-6-20-23(8-4-10-24(20)32)31-26(34)18-11-13-19(28)14-12-18/h2-4,7-14,16H,5-6,15H2,1H3,(H,31,34). The summed E-state index contributed by atoms with van der Waals surface area (Å²) in [6.45, 7) is 2.24. The average Bonchev–Trinajstić information content (AvgIpc) is 3.25. The number of carbonyl (C=O) groups excluding carboxylic acids is 2. The number of benzene rings is 3. The third-order valence-corrected chi connectivity index (χ3v) is 6.17. The van der Waals surface area contributed by atoms with Gasteiger partial charge in [-0.3, -0.25) is 9.59 Å². The number of hydrogen-bond acceptors (Lipinski definition) is 3. The minimum absolute atomic E-state index is 0.243. The summed E-state index contributed by atoms with van der Waals surface area (Å²) >= 11 is 0. The van der Waals surface area contributed by atoms with Crippen molar-refractivity contribution < 1.29 is 18.4 Å². The molecule has 1 N–H and O–H groups in total. The summed E-state index contributed by atoms with van der Waals surface area (Å²) in [7, 11) is 0. The second-order valence-electron chi connectivity index (χ2n) is 8.33. The SMILES string of the molecule is Cc1c(C(=O)N2CCCc3c(NC(=O)c4ccc(F)cc4)cccc32)cnn1-c1ccccc1F. The van der Waals surface area contributed by atoms with E-state index in [0.29, 0.717) is 47.6 Å². The van der Waals surface area contributed by atoms with Crippen LogP contribution in [0.4, 0.5) is 20.2 Å². The molecule has 1 aromatic heterocycles. The molecule has 5 rings (SSSR count). The van der Waals surface area contributed by atoms with Crippen molar-refractivity contribution in [3.63, 3.8) is 0 Å². The molecule has 8 heteroatoms. The van der Waals surface area contributed by atoms with Gasteiger partial charge in [0, 0.05) is 23.5 Å². The van der Waals surface area contributed by atoms with E-state index in [0.717, 1.165) is 5.56 Å². The zero-order valence-electron chi connectivity index (χ0n) is 19.0. The summed E-state index contributed by atoms with van der Waals surface area (Å²) in [5, 5.41) is 7.15. The molecule has 2 amide bonds. The molecule has 0 saturated heterocycles. The van der Waals surface area contributed by atoms with E-state index in [1.54, 1.807) is 42.2 Å². The van der Waals surface area contributed by atoms with E-state index >= 15 is 0 Å². The average molecular weight is 472 g/mol. The van der Waals surface area contributed by atoms with Gasteiger partial charge in [0.15, 0.2) is 0 Å². The maximum Gasteiger partial charge on any atom is 0.261 e. The molecule has 35 heavy (non-hydrogen) atoms. The zero-order chi connectivity index (χ0) is 24.5. The van der Waals surface area contributed by atoms with Crippen LogP contribution in [0.5, 0.6) is 0 Å². The van der Waals surface area contributed by atoms with Crippen molar-refractivity contribution in [2.45, 2.75) is 19.8 Å². The number of nitrogens with one attached hydrogen (secondary N) is 1. The van der Waals surface area contributed by atoms with E-state index in [4.69, 9.17) is 0 Å². The highest BCUT2D eigenvalue weighted by Crippen LogP contribution is 2.34. The van der Waals surface area contributed by atoms with E-state index in [1.807, 2.05) is 6.07 Å². The lowest BCUT2D eigenvalue weighted by molar-refractivity contribution is 0.0983. The monoisotopic (exact) mass is 472 g/mol. The van der Waals surface area contributed by atoms with Gasteiger partial charge in [0.2, 0.25) is 0 Å². The fourth-order valence-corrected chi connectivity index (χ4v) is 4.38. The first kappa shape index (κ1) is 22.5. The van der Waals surface area contributed by atoms with E-state index < -0.39 is 11.6 Å². The number of para-hydroxylation sites is 1. The number of rotatable bonds is 4. The lowest BCUT2D eigenvalue weighted by Crippen LogP contribution is -2.36. The van der Waals surface area contributed by atoms with Crippen LogP contribution in [0, 0.1) is 18.6 Å². The number of anilines is 2. The zero-order valence-corrected chi connectivity index (χ0v) is 19.0. The van der Waals surface area contributed by atoms with Gasteiger partial charge in [-0.2, -0.15) is 5.10 Å². The first-order valence-corrected chi connectivity index (χ1v) is 11.2. The predicted molar refractivity (Wildman–Crippen MR) is 129 cm³/mol. The second kappa shape index (κ2) is 9.13. The molecule has 176 valence electrons. The molecule has 1 aliphatic heterocycles. The molecule has 0 atom stereocenters. The van der Waals surface area contributed by atoms with Gasteiger partial charge in [0.1, 0.15) is 17.3 Å². The van der Waals surface area contributed by atoms with Crippen molar-refractivity contribution in [1.29, 1.82) is 0 Å². The Morgan fingerprint density at radius 2 is 1.69 bits per heavy atom. The number of fused-ring (bicyclic) bond motifs is 1. The number of nitrogens with zero attached hydrogens (tertiary/aromatic N) is 3. The first-order chi connectivity index (χ1) is 16.9. The fourth-order valence-electron chi connectivity index (χ4n) is 4.38. The third-order valence-electron chi connectivity index (χ3n) is 6.17. The quantitative estimate of drug-likeness (QED) is 0.438. The van der Waals surface area contributed by atoms with Crippen LogP contribution in [-0.4, -0.2) is 28.1 Å². The van der Waals surface area contributed by atoms with Crippen LogP contribution < -0.4 is 10.2 Å². The molecule has 4 aromatic rings. The molecule has 0 aliphatic carbocycles. The van der Waals surface area contributed by atoms with Gasteiger partial charge in [0.25, 0.3) is 11.8 Å². The Morgan fingerprint density at radius 1 is 0.943 bits per heavy atom. The number of carbonyl (C=O) groups is 2. The maximum atomic E-state index is 14.3. The van der Waals surface area contributed by atoms with E-state index in [-0.39, 0.29) is 17.5 Å². The van der Waals surface area contributed by atoms with Crippen molar-refractivity contribution >= 4 is 23.2 Å². The molecule has 0 unspecified atom stereocenters. The topological polar surface area (TPSA) is 67.2 Å². The van der Waals surface area contributed by atoms with Gasteiger partial charge in [-0.1, -0.05) is 18.2 Å². The van der Waals surface area contributed by atoms with Crippen LogP contribution in [0.25, 0.3) is 5.69 Å². The van der Waals surface area contributed by atoms with Crippen molar-refractivity contribution in [1.82, 2.24) is 9.78 Å². The van der Waals surface area contributed by atoms with Gasteiger partial charge < -0.3 is 10.2 Å². The Bertz CT molecular complexity index is 1430. The lowest BCUT2D eigenvalue weighted by Gasteiger charge is -2.31. The molecule has 0 fully saturated rings. The summed E-state index contributed by atoms with van der Waals surface area (Å²) in [5.74, 6) is -1.44. The van der Waals surface area contributed by atoms with Crippen LogP contribution in [0.1, 0.15) is 38.4 Å². The number of aromatic nitrogens is 2. The summed E-state index contributed by atoms with van der Waals surface area (Å²) in [6.07, 6.45) is 2.85. The minimum Gasteiger partial charge on any atom is -0.322 e. The highest BCUT2D eigenvalue weighted by molar-refractivity contribution is 6.09. The second-order valence-corrected chi connectivity index (χ2v) is 8.33. The fraction of sp³-hybridized carbons (Fsp3) is 0.148. The van der Waals surface area contributed by atoms with E-state index in [1.165, 1.54) is 41.2 Å². The summed E-state index contributed by atoms with van der Waals surface area (Å²) in [5.41, 5.74) is 3.68. The van der Waals surface area contributed by atoms with Gasteiger partial charge in [-0.15, -0.1) is 0 Å². The molecule has 6 nitrogen and oxygen atoms in total. The molecule has 2 heterocycles. The molecule has 0 spiro atoms. The molecule has 0 radical (unpaired) electrons. The smallest absolute Gasteiger partial charge is 0.261 e. The van der Waals surface area contributed by atoms with Crippen molar-refractivity contribution in [2.24, 2.45) is 0 Å².